The molecular formula is C26H29N9O3. The number of rotatable bonds is 7. The number of hydrogen-bond donors (Lipinski definition) is 3. The Morgan fingerprint density at radius 1 is 1.24 bits per heavy atom. The molecule has 5 heterocycles. The highest BCUT2D eigenvalue weighted by molar-refractivity contribution is 6.00. The molecule has 4 aromatic rings. The summed E-state index contributed by atoms with van der Waals surface area (Å²) < 4.78 is 10.6. The molecule has 0 radical (unpaired) electrons. The lowest BCUT2D eigenvalue weighted by Crippen LogP contribution is -2.51. The summed E-state index contributed by atoms with van der Waals surface area (Å²) in [7, 11) is 3.41. The van der Waals surface area contributed by atoms with Gasteiger partial charge in [0, 0.05) is 44.7 Å². The molecule has 38 heavy (non-hydrogen) atoms. The standard InChI is InChI=1S/C26H29N9O3/c1-27-21-11-20(31-23-16(13-28-35(21)23)24(36)30-17-5-6-19(17)38-2)29-18-4-3-9-33(25(18)37)22-10-15-12-26(7-8-26)14-34(15)32-22/h3-4,9-11,13,17,19,27H,5-8,12,14H2,1-2H3,(H,29,31)(H,30,36)/t17-,19-/m1/s1. The monoisotopic (exact) mass is 515 g/mol. The summed E-state index contributed by atoms with van der Waals surface area (Å²) in [4.78, 5) is 31.1. The van der Waals surface area contributed by atoms with Crippen LogP contribution in [0.3, 0.4) is 0 Å². The van der Waals surface area contributed by atoms with E-state index in [0.717, 1.165) is 25.8 Å². The lowest BCUT2D eigenvalue weighted by atomic mass is 9.89. The Bertz CT molecular complexity index is 1600. The van der Waals surface area contributed by atoms with Gasteiger partial charge in [-0.2, -0.15) is 14.7 Å². The number of carbonyl (C=O) groups is 1. The molecule has 1 spiro atoms. The first-order valence-electron chi connectivity index (χ1n) is 12.9. The minimum atomic E-state index is -0.263. The highest BCUT2D eigenvalue weighted by Crippen LogP contribution is 2.53. The number of aromatic nitrogens is 6. The first kappa shape index (κ1) is 23.0. The van der Waals surface area contributed by atoms with Crippen molar-refractivity contribution >= 4 is 28.9 Å². The second-order valence-corrected chi connectivity index (χ2v) is 10.6. The Hall–Kier alpha value is -4.19. The van der Waals surface area contributed by atoms with Gasteiger partial charge in [0.05, 0.1) is 18.3 Å². The quantitative estimate of drug-likeness (QED) is 0.341. The molecule has 12 nitrogen and oxygen atoms in total. The maximum Gasteiger partial charge on any atom is 0.280 e. The number of hydrogen-bond acceptors (Lipinski definition) is 8. The van der Waals surface area contributed by atoms with Crippen LogP contribution in [0.25, 0.3) is 11.5 Å². The van der Waals surface area contributed by atoms with Gasteiger partial charge >= 0.3 is 0 Å². The Morgan fingerprint density at radius 2 is 2.11 bits per heavy atom. The number of nitrogens with one attached hydrogen (secondary N) is 3. The highest BCUT2D eigenvalue weighted by Gasteiger charge is 2.48. The summed E-state index contributed by atoms with van der Waals surface area (Å²) in [5.74, 6) is 1.38. The maximum absolute atomic E-state index is 13.4. The SMILES string of the molecule is CNc1cc(Nc2cccn(-c3cc4n(n3)CC3(CC3)C4)c2=O)nc2c(C(=O)N[C@@H]3CC[C@H]3OC)cnn12. The second kappa shape index (κ2) is 8.42. The number of amides is 1. The molecule has 2 atom stereocenters. The topological polar surface area (TPSA) is 132 Å². The normalized spacial score (nSPS) is 20.8. The average molecular weight is 516 g/mol. The first-order valence-corrected chi connectivity index (χ1v) is 12.9. The molecule has 2 fully saturated rings. The third-order valence-electron chi connectivity index (χ3n) is 8.11. The van der Waals surface area contributed by atoms with Crippen LogP contribution in [-0.2, 0) is 17.7 Å². The minimum Gasteiger partial charge on any atom is -0.379 e. The summed E-state index contributed by atoms with van der Waals surface area (Å²) in [6.07, 6.45) is 8.57. The largest absolute Gasteiger partial charge is 0.379 e. The molecule has 0 aromatic carbocycles. The van der Waals surface area contributed by atoms with Crippen molar-refractivity contribution in [1.29, 1.82) is 0 Å². The summed E-state index contributed by atoms with van der Waals surface area (Å²) in [5, 5.41) is 18.3. The van der Waals surface area contributed by atoms with Crippen LogP contribution in [0.1, 0.15) is 41.7 Å². The van der Waals surface area contributed by atoms with E-state index in [1.807, 2.05) is 10.7 Å². The number of carbonyl (C=O) groups excluding carboxylic acids is 1. The Balaban J connectivity index is 1.18. The van der Waals surface area contributed by atoms with Crippen LogP contribution in [0.5, 0.6) is 0 Å². The van der Waals surface area contributed by atoms with Crippen molar-refractivity contribution in [3.05, 3.63) is 58.3 Å². The Labute approximate surface area is 218 Å². The Kier molecular flexibility index (Phi) is 5.09. The van der Waals surface area contributed by atoms with E-state index in [9.17, 15) is 9.59 Å². The van der Waals surface area contributed by atoms with Gasteiger partial charge in [0.25, 0.3) is 11.5 Å². The molecule has 0 bridgehead atoms. The van der Waals surface area contributed by atoms with Gasteiger partial charge in [0.15, 0.2) is 11.5 Å². The van der Waals surface area contributed by atoms with Crippen LogP contribution in [0.15, 0.2) is 41.5 Å². The van der Waals surface area contributed by atoms with Gasteiger partial charge in [0.1, 0.15) is 22.9 Å². The fourth-order valence-electron chi connectivity index (χ4n) is 5.54. The van der Waals surface area contributed by atoms with E-state index in [1.54, 1.807) is 47.6 Å². The van der Waals surface area contributed by atoms with E-state index in [2.05, 4.69) is 26.0 Å². The van der Waals surface area contributed by atoms with Crippen molar-refractivity contribution in [2.24, 2.45) is 5.41 Å². The van der Waals surface area contributed by atoms with Crippen molar-refractivity contribution in [2.45, 2.75) is 50.8 Å². The number of ether oxygens (including phenoxy) is 1. The third-order valence-corrected chi connectivity index (χ3v) is 8.11. The molecule has 1 amide bonds. The van der Waals surface area contributed by atoms with E-state index >= 15 is 0 Å². The smallest absolute Gasteiger partial charge is 0.280 e. The number of methoxy groups -OCH3 is 1. The van der Waals surface area contributed by atoms with Gasteiger partial charge < -0.3 is 20.7 Å². The lowest BCUT2D eigenvalue weighted by Gasteiger charge is -2.35. The molecule has 196 valence electrons. The molecular weight excluding hydrogens is 486 g/mol. The van der Waals surface area contributed by atoms with E-state index in [-0.39, 0.29) is 23.6 Å². The van der Waals surface area contributed by atoms with Gasteiger partial charge in [-0.15, -0.1) is 0 Å². The van der Waals surface area contributed by atoms with E-state index in [0.29, 0.717) is 39.8 Å². The minimum absolute atomic E-state index is 0.0189. The zero-order chi connectivity index (χ0) is 26.0. The zero-order valence-corrected chi connectivity index (χ0v) is 21.3. The van der Waals surface area contributed by atoms with Crippen molar-refractivity contribution in [3.63, 3.8) is 0 Å². The summed E-state index contributed by atoms with van der Waals surface area (Å²) in [6.45, 7) is 0.930. The van der Waals surface area contributed by atoms with Crippen LogP contribution in [0.4, 0.5) is 17.3 Å². The molecule has 2 aliphatic carbocycles. The molecule has 0 unspecified atom stereocenters. The van der Waals surface area contributed by atoms with Gasteiger partial charge in [0.2, 0.25) is 0 Å². The van der Waals surface area contributed by atoms with Crippen LogP contribution < -0.4 is 21.5 Å². The molecule has 3 aliphatic rings. The molecule has 12 heteroatoms. The van der Waals surface area contributed by atoms with E-state index in [4.69, 9.17) is 9.84 Å². The van der Waals surface area contributed by atoms with Gasteiger partial charge in [-0.1, -0.05) is 0 Å². The second-order valence-electron chi connectivity index (χ2n) is 10.6. The molecule has 2 saturated carbocycles. The molecule has 7 rings (SSSR count). The zero-order valence-electron chi connectivity index (χ0n) is 21.3. The summed E-state index contributed by atoms with van der Waals surface area (Å²) in [6, 6.07) is 7.23. The third kappa shape index (κ3) is 3.66. The number of anilines is 3. The van der Waals surface area contributed by atoms with Gasteiger partial charge in [-0.25, -0.2) is 4.98 Å². The van der Waals surface area contributed by atoms with E-state index < -0.39 is 0 Å². The van der Waals surface area contributed by atoms with Crippen molar-refractivity contribution in [2.75, 3.05) is 24.8 Å². The van der Waals surface area contributed by atoms with Gasteiger partial charge in [-0.05, 0) is 49.7 Å². The summed E-state index contributed by atoms with van der Waals surface area (Å²) >= 11 is 0. The molecule has 3 N–H and O–H groups in total. The van der Waals surface area contributed by atoms with Crippen molar-refractivity contribution in [3.8, 4) is 5.82 Å². The first-order chi connectivity index (χ1) is 18.5. The van der Waals surface area contributed by atoms with Crippen LogP contribution in [-0.4, -0.2) is 61.2 Å². The van der Waals surface area contributed by atoms with Crippen LogP contribution >= 0.6 is 0 Å². The molecule has 1 aliphatic heterocycles. The molecule has 4 aromatic heterocycles. The van der Waals surface area contributed by atoms with Crippen molar-refractivity contribution < 1.29 is 9.53 Å². The predicted octanol–water partition coefficient (Wildman–Crippen LogP) is 2.11. The van der Waals surface area contributed by atoms with E-state index in [1.165, 1.54) is 24.7 Å². The fraction of sp³-hybridized carbons (Fsp3) is 0.423. The Morgan fingerprint density at radius 3 is 2.82 bits per heavy atom. The fourth-order valence-corrected chi connectivity index (χ4v) is 5.54. The van der Waals surface area contributed by atoms with Crippen LogP contribution in [0.2, 0.25) is 0 Å². The lowest BCUT2D eigenvalue weighted by molar-refractivity contribution is 0.00732. The van der Waals surface area contributed by atoms with Gasteiger partial charge in [-0.3, -0.25) is 18.8 Å². The predicted molar refractivity (Wildman–Crippen MR) is 140 cm³/mol. The maximum atomic E-state index is 13.4. The average Bonchev–Trinajstić information content (AvgIpc) is 3.18. The molecule has 0 saturated heterocycles. The summed E-state index contributed by atoms with van der Waals surface area (Å²) in [5.41, 5.74) is 2.43. The highest BCUT2D eigenvalue weighted by atomic mass is 16.5. The number of nitrogens with zero attached hydrogens (tertiary/aromatic N) is 6. The van der Waals surface area contributed by atoms with Crippen LogP contribution in [0, 0.1) is 5.41 Å². The number of pyridine rings is 1. The number of fused-ring (bicyclic) bond motifs is 2. The van der Waals surface area contributed by atoms with Crippen molar-refractivity contribution in [1.82, 2.24) is 34.3 Å².